The first-order valence-corrected chi connectivity index (χ1v) is 6.59. The number of hydrogen-bond donors (Lipinski definition) is 1. The van der Waals surface area contributed by atoms with Gasteiger partial charge in [0.1, 0.15) is 8.55 Å². The van der Waals surface area contributed by atoms with Crippen LogP contribution in [-0.4, -0.2) is 21.0 Å². The third kappa shape index (κ3) is 2.91. The smallest absolute Gasteiger partial charge is 0.340 e. The molecule has 0 aromatic carbocycles. The van der Waals surface area contributed by atoms with Crippen molar-refractivity contribution in [1.82, 2.24) is 0 Å². The molecule has 0 aliphatic carbocycles. The average Bonchev–Trinajstić information content (AvgIpc) is 2.47. The molecule has 0 aliphatic heterocycles. The number of rotatable bonds is 3. The Balaban J connectivity index is 3.13. The molecule has 0 unspecified atom stereocenters. The predicted octanol–water partition coefficient (Wildman–Crippen LogP) is 1.23. The van der Waals surface area contributed by atoms with E-state index < -0.39 is 16.0 Å². The fourth-order valence-corrected chi connectivity index (χ4v) is 2.96. The van der Waals surface area contributed by atoms with Crippen LogP contribution in [0.1, 0.15) is 17.3 Å². The number of carbonyl (C=O) groups is 1. The summed E-state index contributed by atoms with van der Waals surface area (Å²) < 4.78 is 26.5. The minimum absolute atomic E-state index is 0.0209. The fourth-order valence-electron chi connectivity index (χ4n) is 0.836. The molecule has 2 N–H and O–H groups in total. The van der Waals surface area contributed by atoms with Crippen LogP contribution < -0.4 is 5.14 Å². The molecule has 0 saturated heterocycles. The van der Waals surface area contributed by atoms with Crippen LogP contribution in [0.15, 0.2) is 10.3 Å². The molecule has 0 spiro atoms. The molecular weight excluding hydrogens is 262 g/mol. The topological polar surface area (TPSA) is 86.5 Å². The fraction of sp³-hybridized carbons (Fsp3) is 0.286. The predicted molar refractivity (Wildman–Crippen MR) is 56.7 cm³/mol. The second kappa shape index (κ2) is 4.48. The lowest BCUT2D eigenvalue weighted by Crippen LogP contribution is -2.10. The molecule has 0 aliphatic rings. The maximum absolute atomic E-state index is 11.3. The Kier molecular flexibility index (Phi) is 3.72. The Morgan fingerprint density at radius 2 is 2.27 bits per heavy atom. The summed E-state index contributed by atoms with van der Waals surface area (Å²) in [5.41, 5.74) is 0.0209. The van der Waals surface area contributed by atoms with Gasteiger partial charge in [-0.25, -0.2) is 18.4 Å². The number of hydrogen-bond acceptors (Lipinski definition) is 5. The van der Waals surface area contributed by atoms with Crippen molar-refractivity contribution in [3.8, 4) is 0 Å². The quantitative estimate of drug-likeness (QED) is 0.836. The number of esters is 1. The molecule has 0 bridgehead atoms. The normalized spacial score (nSPS) is 11.4. The zero-order valence-electron chi connectivity index (χ0n) is 7.69. The highest BCUT2D eigenvalue weighted by atomic mass is 35.5. The number of carbonyl (C=O) groups excluding carboxylic acids is 1. The van der Waals surface area contributed by atoms with Crippen LogP contribution >= 0.6 is 22.9 Å². The van der Waals surface area contributed by atoms with E-state index >= 15 is 0 Å². The molecule has 0 radical (unpaired) electrons. The minimum Gasteiger partial charge on any atom is -0.462 e. The first kappa shape index (κ1) is 12.4. The SMILES string of the molecule is CCOC(=O)c1cc(S(N)(=O)=O)sc1Cl. The summed E-state index contributed by atoms with van der Waals surface area (Å²) in [6, 6.07) is 1.11. The monoisotopic (exact) mass is 269 g/mol. The van der Waals surface area contributed by atoms with Gasteiger partial charge in [-0.1, -0.05) is 11.6 Å². The van der Waals surface area contributed by atoms with Crippen LogP contribution in [-0.2, 0) is 14.8 Å². The van der Waals surface area contributed by atoms with E-state index in [-0.39, 0.29) is 20.7 Å². The van der Waals surface area contributed by atoms with E-state index in [1.165, 1.54) is 0 Å². The summed E-state index contributed by atoms with van der Waals surface area (Å²) in [6.45, 7) is 1.83. The van der Waals surface area contributed by atoms with Gasteiger partial charge in [-0.15, -0.1) is 11.3 Å². The standard InChI is InChI=1S/C7H8ClNO4S2/c1-2-13-7(10)4-3-5(14-6(4)8)15(9,11)12/h3H,2H2,1H3,(H2,9,11,12). The van der Waals surface area contributed by atoms with Gasteiger partial charge in [0.15, 0.2) is 0 Å². The van der Waals surface area contributed by atoms with E-state index in [9.17, 15) is 13.2 Å². The van der Waals surface area contributed by atoms with Gasteiger partial charge >= 0.3 is 5.97 Å². The van der Waals surface area contributed by atoms with Gasteiger partial charge in [0.2, 0.25) is 10.0 Å². The molecule has 0 fully saturated rings. The molecule has 0 amide bonds. The van der Waals surface area contributed by atoms with Crippen LogP contribution in [0.3, 0.4) is 0 Å². The molecule has 1 aromatic heterocycles. The van der Waals surface area contributed by atoms with Gasteiger partial charge in [-0.05, 0) is 13.0 Å². The van der Waals surface area contributed by atoms with Gasteiger partial charge in [-0.2, -0.15) is 0 Å². The number of nitrogens with two attached hydrogens (primary N) is 1. The first-order valence-electron chi connectivity index (χ1n) is 3.85. The summed E-state index contributed by atoms with van der Waals surface area (Å²) in [4.78, 5) is 11.3. The van der Waals surface area contributed by atoms with Crippen molar-refractivity contribution in [1.29, 1.82) is 0 Å². The van der Waals surface area contributed by atoms with Crippen LogP contribution in [0, 0.1) is 0 Å². The van der Waals surface area contributed by atoms with E-state index in [2.05, 4.69) is 4.74 Å². The van der Waals surface area contributed by atoms with Gasteiger partial charge in [0, 0.05) is 0 Å². The highest BCUT2D eigenvalue weighted by Gasteiger charge is 2.20. The Morgan fingerprint density at radius 1 is 1.67 bits per heavy atom. The molecule has 1 rings (SSSR count). The van der Waals surface area contributed by atoms with Crippen molar-refractivity contribution in [2.24, 2.45) is 5.14 Å². The van der Waals surface area contributed by atoms with E-state index in [1.54, 1.807) is 6.92 Å². The highest BCUT2D eigenvalue weighted by Crippen LogP contribution is 2.30. The third-order valence-electron chi connectivity index (χ3n) is 1.44. The zero-order valence-corrected chi connectivity index (χ0v) is 10.1. The van der Waals surface area contributed by atoms with Gasteiger partial charge in [0.05, 0.1) is 12.2 Å². The largest absolute Gasteiger partial charge is 0.462 e. The van der Waals surface area contributed by atoms with E-state index in [0.29, 0.717) is 0 Å². The molecular formula is C7H8ClNO4S2. The molecule has 84 valence electrons. The lowest BCUT2D eigenvalue weighted by Gasteiger charge is -1.97. The first-order chi connectivity index (χ1) is 6.86. The van der Waals surface area contributed by atoms with E-state index in [1.807, 2.05) is 0 Å². The maximum atomic E-state index is 11.3. The summed E-state index contributed by atoms with van der Waals surface area (Å²) in [5.74, 6) is -0.659. The zero-order chi connectivity index (χ0) is 11.6. The van der Waals surface area contributed by atoms with Crippen LogP contribution in [0.4, 0.5) is 0 Å². The van der Waals surface area contributed by atoms with Crippen molar-refractivity contribution >= 4 is 38.9 Å². The van der Waals surface area contributed by atoms with Crippen molar-refractivity contribution in [3.05, 3.63) is 16.0 Å². The van der Waals surface area contributed by atoms with Crippen molar-refractivity contribution in [2.75, 3.05) is 6.61 Å². The van der Waals surface area contributed by atoms with Crippen molar-refractivity contribution in [3.63, 3.8) is 0 Å². The second-order valence-electron chi connectivity index (χ2n) is 2.52. The van der Waals surface area contributed by atoms with E-state index in [0.717, 1.165) is 17.4 Å². The molecule has 1 heterocycles. The Bertz CT molecular complexity index is 479. The molecule has 5 nitrogen and oxygen atoms in total. The third-order valence-corrected chi connectivity index (χ3v) is 4.22. The highest BCUT2D eigenvalue weighted by molar-refractivity contribution is 7.91. The Morgan fingerprint density at radius 3 is 2.67 bits per heavy atom. The van der Waals surface area contributed by atoms with E-state index in [4.69, 9.17) is 16.7 Å². The minimum atomic E-state index is -3.83. The summed E-state index contributed by atoms with van der Waals surface area (Å²) in [6.07, 6.45) is 0. The molecule has 8 heteroatoms. The van der Waals surface area contributed by atoms with Crippen molar-refractivity contribution < 1.29 is 17.9 Å². The lowest BCUT2D eigenvalue weighted by atomic mass is 10.3. The van der Waals surface area contributed by atoms with Gasteiger partial charge < -0.3 is 4.74 Å². The molecule has 15 heavy (non-hydrogen) atoms. The molecule has 0 saturated carbocycles. The number of sulfonamides is 1. The number of primary sulfonamides is 1. The van der Waals surface area contributed by atoms with Gasteiger partial charge in [-0.3, -0.25) is 0 Å². The van der Waals surface area contributed by atoms with Crippen LogP contribution in [0.25, 0.3) is 0 Å². The van der Waals surface area contributed by atoms with Crippen LogP contribution in [0.5, 0.6) is 0 Å². The number of ether oxygens (including phenoxy) is 1. The summed E-state index contributed by atoms with van der Waals surface area (Å²) >= 11 is 6.41. The average molecular weight is 270 g/mol. The number of halogens is 1. The lowest BCUT2D eigenvalue weighted by molar-refractivity contribution is 0.0527. The molecule has 1 aromatic rings. The summed E-state index contributed by atoms with van der Waals surface area (Å²) in [5, 5.41) is 4.88. The van der Waals surface area contributed by atoms with Crippen molar-refractivity contribution in [2.45, 2.75) is 11.1 Å². The van der Waals surface area contributed by atoms with Crippen LogP contribution in [0.2, 0.25) is 4.34 Å². The Hall–Kier alpha value is -0.630. The summed E-state index contributed by atoms with van der Waals surface area (Å²) in [7, 11) is -3.83. The second-order valence-corrected chi connectivity index (χ2v) is 5.96. The number of thiophene rings is 1. The Labute approximate surface area is 95.8 Å². The van der Waals surface area contributed by atoms with Gasteiger partial charge in [0.25, 0.3) is 0 Å². The maximum Gasteiger partial charge on any atom is 0.340 e. The molecule has 0 atom stereocenters.